The lowest BCUT2D eigenvalue weighted by molar-refractivity contribution is -0.126. The third-order valence-corrected chi connectivity index (χ3v) is 5.67. The zero-order chi connectivity index (χ0) is 25.5. The van der Waals surface area contributed by atoms with Crippen molar-refractivity contribution in [3.05, 3.63) is 84.3 Å². The number of allylic oxidation sites excluding steroid dienone is 1. The highest BCUT2D eigenvalue weighted by molar-refractivity contribution is 5.96. The number of halogens is 1. The van der Waals surface area contributed by atoms with Gasteiger partial charge in [-0.2, -0.15) is 0 Å². The Hall–Kier alpha value is -4.40. The number of aromatic nitrogens is 1. The SMILES string of the molecule is CC=CC(=O)N1CCC(Nc2cnc(Oc3ccc(Oc4cccc(F)c4)cc3)c(C(N)=O)c2)CC1. The minimum Gasteiger partial charge on any atom is -0.457 e. The van der Waals surface area contributed by atoms with E-state index in [1.54, 1.807) is 60.8 Å². The first-order chi connectivity index (χ1) is 17.4. The largest absolute Gasteiger partial charge is 0.457 e. The van der Waals surface area contributed by atoms with Crippen LogP contribution in [0.4, 0.5) is 10.1 Å². The molecular weight excluding hydrogens is 463 g/mol. The molecule has 4 rings (SSSR count). The van der Waals surface area contributed by atoms with E-state index < -0.39 is 5.91 Å². The molecule has 2 aromatic carbocycles. The molecule has 1 aliphatic heterocycles. The van der Waals surface area contributed by atoms with Gasteiger partial charge in [-0.25, -0.2) is 9.37 Å². The Labute approximate surface area is 208 Å². The fourth-order valence-electron chi connectivity index (χ4n) is 3.87. The van der Waals surface area contributed by atoms with Crippen LogP contribution < -0.4 is 20.5 Å². The number of carbonyl (C=O) groups is 2. The lowest BCUT2D eigenvalue weighted by Crippen LogP contribution is -2.41. The molecular formula is C27H27FN4O4. The van der Waals surface area contributed by atoms with Crippen molar-refractivity contribution in [2.24, 2.45) is 5.73 Å². The fourth-order valence-corrected chi connectivity index (χ4v) is 3.87. The molecule has 9 heteroatoms. The number of ether oxygens (including phenoxy) is 2. The van der Waals surface area contributed by atoms with Gasteiger partial charge in [-0.3, -0.25) is 9.59 Å². The van der Waals surface area contributed by atoms with E-state index in [0.717, 1.165) is 12.8 Å². The standard InChI is InChI=1S/C27H27FN4O4/c1-2-4-25(33)32-13-11-19(12-14-32)31-20-16-24(26(29)34)27(30-17-20)36-22-9-7-21(8-10-22)35-23-6-3-5-18(28)15-23/h2-10,15-17,19,31H,11-14H2,1H3,(H2,29,34). The second kappa shape index (κ2) is 11.4. The first kappa shape index (κ1) is 24.7. The summed E-state index contributed by atoms with van der Waals surface area (Å²) in [6.45, 7) is 3.12. The number of nitrogens with two attached hydrogens (primary N) is 1. The summed E-state index contributed by atoms with van der Waals surface area (Å²) in [6, 6.07) is 14.2. The van der Waals surface area contributed by atoms with E-state index in [1.165, 1.54) is 12.1 Å². The molecule has 36 heavy (non-hydrogen) atoms. The maximum atomic E-state index is 13.3. The van der Waals surface area contributed by atoms with Crippen LogP contribution in [0.15, 0.2) is 72.9 Å². The van der Waals surface area contributed by atoms with Gasteiger partial charge in [0, 0.05) is 25.2 Å². The minimum absolute atomic E-state index is 0.0173. The number of likely N-dealkylation sites (tertiary alicyclic amines) is 1. The maximum Gasteiger partial charge on any atom is 0.254 e. The number of hydrogen-bond acceptors (Lipinski definition) is 6. The monoisotopic (exact) mass is 490 g/mol. The Morgan fingerprint density at radius 2 is 1.75 bits per heavy atom. The summed E-state index contributed by atoms with van der Waals surface area (Å²) >= 11 is 0. The molecule has 2 amide bonds. The summed E-state index contributed by atoms with van der Waals surface area (Å²) in [5.74, 6) is 0.339. The number of carbonyl (C=O) groups excluding carboxylic acids is 2. The van der Waals surface area contributed by atoms with Crippen LogP contribution >= 0.6 is 0 Å². The summed E-state index contributed by atoms with van der Waals surface area (Å²) in [6.07, 6.45) is 6.44. The van der Waals surface area contributed by atoms with Gasteiger partial charge in [0.2, 0.25) is 11.8 Å². The molecule has 1 fully saturated rings. The van der Waals surface area contributed by atoms with E-state index in [1.807, 2.05) is 11.8 Å². The van der Waals surface area contributed by atoms with Gasteiger partial charge in [0.15, 0.2) is 0 Å². The van der Waals surface area contributed by atoms with E-state index >= 15 is 0 Å². The van der Waals surface area contributed by atoms with Crippen molar-refractivity contribution in [2.75, 3.05) is 18.4 Å². The number of nitrogens with zero attached hydrogens (tertiary/aromatic N) is 2. The molecule has 0 radical (unpaired) electrons. The van der Waals surface area contributed by atoms with Crippen molar-refractivity contribution in [1.29, 1.82) is 0 Å². The molecule has 1 aliphatic rings. The third kappa shape index (κ3) is 6.38. The summed E-state index contributed by atoms with van der Waals surface area (Å²) in [4.78, 5) is 30.2. The van der Waals surface area contributed by atoms with Gasteiger partial charge in [0.25, 0.3) is 5.91 Å². The first-order valence-corrected chi connectivity index (χ1v) is 11.6. The predicted octanol–water partition coefficient (Wildman–Crippen LogP) is 4.88. The highest BCUT2D eigenvalue weighted by Gasteiger charge is 2.22. The van der Waals surface area contributed by atoms with Crippen molar-refractivity contribution in [3.8, 4) is 23.1 Å². The van der Waals surface area contributed by atoms with E-state index in [-0.39, 0.29) is 29.2 Å². The van der Waals surface area contributed by atoms with Gasteiger partial charge in [-0.1, -0.05) is 12.1 Å². The molecule has 0 spiro atoms. The molecule has 186 valence electrons. The van der Waals surface area contributed by atoms with Crippen LogP contribution in [0.1, 0.15) is 30.1 Å². The molecule has 1 aromatic heterocycles. The number of primary amides is 1. The van der Waals surface area contributed by atoms with Crippen LogP contribution in [-0.2, 0) is 4.79 Å². The second-order valence-corrected chi connectivity index (χ2v) is 8.32. The molecule has 0 bridgehead atoms. The Morgan fingerprint density at radius 3 is 2.39 bits per heavy atom. The van der Waals surface area contributed by atoms with Gasteiger partial charge in [-0.15, -0.1) is 0 Å². The molecule has 0 saturated carbocycles. The van der Waals surface area contributed by atoms with Crippen LogP contribution in [0.5, 0.6) is 23.1 Å². The predicted molar refractivity (Wildman–Crippen MR) is 134 cm³/mol. The van der Waals surface area contributed by atoms with Crippen molar-refractivity contribution >= 4 is 17.5 Å². The van der Waals surface area contributed by atoms with Crippen LogP contribution in [-0.4, -0.2) is 40.8 Å². The van der Waals surface area contributed by atoms with E-state index in [4.69, 9.17) is 15.2 Å². The third-order valence-electron chi connectivity index (χ3n) is 5.67. The van der Waals surface area contributed by atoms with Crippen molar-refractivity contribution in [1.82, 2.24) is 9.88 Å². The van der Waals surface area contributed by atoms with Gasteiger partial charge in [0.05, 0.1) is 11.9 Å². The number of nitrogens with one attached hydrogen (secondary N) is 1. The summed E-state index contributed by atoms with van der Waals surface area (Å²) in [5.41, 5.74) is 6.37. The zero-order valence-electron chi connectivity index (χ0n) is 19.8. The molecule has 2 heterocycles. The number of pyridine rings is 1. The zero-order valence-corrected chi connectivity index (χ0v) is 19.8. The van der Waals surface area contributed by atoms with Crippen LogP contribution in [0.2, 0.25) is 0 Å². The van der Waals surface area contributed by atoms with Gasteiger partial charge < -0.3 is 25.4 Å². The highest BCUT2D eigenvalue weighted by Crippen LogP contribution is 2.29. The topological polar surface area (TPSA) is 107 Å². The maximum absolute atomic E-state index is 13.3. The lowest BCUT2D eigenvalue weighted by Gasteiger charge is -2.32. The molecule has 8 nitrogen and oxygen atoms in total. The van der Waals surface area contributed by atoms with Crippen LogP contribution in [0, 0.1) is 5.82 Å². The highest BCUT2D eigenvalue weighted by atomic mass is 19.1. The second-order valence-electron chi connectivity index (χ2n) is 8.32. The summed E-state index contributed by atoms with van der Waals surface area (Å²) in [7, 11) is 0. The Balaban J connectivity index is 1.39. The smallest absolute Gasteiger partial charge is 0.254 e. The summed E-state index contributed by atoms with van der Waals surface area (Å²) in [5, 5.41) is 3.37. The normalized spacial score (nSPS) is 14.0. The number of amides is 2. The average molecular weight is 491 g/mol. The van der Waals surface area contributed by atoms with Crippen molar-refractivity contribution < 1.29 is 23.5 Å². The molecule has 1 saturated heterocycles. The lowest BCUT2D eigenvalue weighted by atomic mass is 10.0. The number of piperidine rings is 1. The first-order valence-electron chi connectivity index (χ1n) is 11.6. The molecule has 0 unspecified atom stereocenters. The van der Waals surface area contributed by atoms with Gasteiger partial charge in [-0.05, 0) is 68.3 Å². The van der Waals surface area contributed by atoms with E-state index in [9.17, 15) is 14.0 Å². The number of rotatable bonds is 8. The van der Waals surface area contributed by atoms with E-state index in [0.29, 0.717) is 36.0 Å². The summed E-state index contributed by atoms with van der Waals surface area (Å²) < 4.78 is 24.8. The number of hydrogen-bond donors (Lipinski definition) is 2. The van der Waals surface area contributed by atoms with E-state index in [2.05, 4.69) is 10.3 Å². The molecule has 3 N–H and O–H groups in total. The van der Waals surface area contributed by atoms with Gasteiger partial charge in [0.1, 0.15) is 28.6 Å². The Bertz CT molecular complexity index is 1250. The number of anilines is 1. The average Bonchev–Trinajstić information content (AvgIpc) is 2.86. The van der Waals surface area contributed by atoms with Crippen molar-refractivity contribution in [2.45, 2.75) is 25.8 Å². The van der Waals surface area contributed by atoms with Gasteiger partial charge >= 0.3 is 0 Å². The Morgan fingerprint density at radius 1 is 1.06 bits per heavy atom. The molecule has 3 aromatic rings. The van der Waals surface area contributed by atoms with Crippen molar-refractivity contribution in [3.63, 3.8) is 0 Å². The Kier molecular flexibility index (Phi) is 7.79. The fraction of sp³-hybridized carbons (Fsp3) is 0.222. The quantitative estimate of drug-likeness (QED) is 0.436. The molecule has 0 aliphatic carbocycles. The number of benzene rings is 2. The molecule has 0 atom stereocenters. The minimum atomic E-state index is -0.668. The van der Waals surface area contributed by atoms with Crippen LogP contribution in [0.25, 0.3) is 0 Å². The van der Waals surface area contributed by atoms with Crippen LogP contribution in [0.3, 0.4) is 0 Å².